The van der Waals surface area contributed by atoms with Crippen molar-refractivity contribution in [2.24, 2.45) is 0 Å². The van der Waals surface area contributed by atoms with Crippen LogP contribution in [0.1, 0.15) is 13.3 Å². The summed E-state index contributed by atoms with van der Waals surface area (Å²) in [6, 6.07) is 0. The first kappa shape index (κ1) is 16.4. The average molecular weight is 274 g/mol. The van der Waals surface area contributed by atoms with Crippen molar-refractivity contribution in [1.82, 2.24) is 10.2 Å². The third-order valence-corrected chi connectivity index (χ3v) is 3.01. The van der Waals surface area contributed by atoms with Gasteiger partial charge in [0.2, 0.25) is 0 Å². The van der Waals surface area contributed by atoms with Gasteiger partial charge in [-0.1, -0.05) is 0 Å². The van der Waals surface area contributed by atoms with E-state index >= 15 is 0 Å². The smallest absolute Gasteiger partial charge is 0.251 e. The number of carbonyl (C=O) groups excluding carboxylic acids is 1. The molecule has 0 spiro atoms. The normalized spacial score (nSPS) is 17.5. The Morgan fingerprint density at radius 2 is 1.95 bits per heavy atom. The van der Waals surface area contributed by atoms with Gasteiger partial charge in [0.1, 0.15) is 6.10 Å². The van der Waals surface area contributed by atoms with Crippen LogP contribution in [0.3, 0.4) is 0 Å². The average Bonchev–Trinajstić information content (AvgIpc) is 2.46. The number of hydrogen-bond acceptors (Lipinski definition) is 5. The Morgan fingerprint density at radius 3 is 2.63 bits per heavy atom. The van der Waals surface area contributed by atoms with E-state index < -0.39 is 0 Å². The van der Waals surface area contributed by atoms with Gasteiger partial charge in [0, 0.05) is 46.5 Å². The van der Waals surface area contributed by atoms with E-state index in [9.17, 15) is 4.79 Å². The molecule has 19 heavy (non-hydrogen) atoms. The fourth-order valence-electron chi connectivity index (χ4n) is 1.88. The molecule has 6 nitrogen and oxygen atoms in total. The Morgan fingerprint density at radius 1 is 1.21 bits per heavy atom. The van der Waals surface area contributed by atoms with E-state index in [1.54, 1.807) is 7.11 Å². The van der Waals surface area contributed by atoms with E-state index in [1.165, 1.54) is 0 Å². The summed E-state index contributed by atoms with van der Waals surface area (Å²) >= 11 is 0. The van der Waals surface area contributed by atoms with Crippen molar-refractivity contribution in [3.05, 3.63) is 0 Å². The van der Waals surface area contributed by atoms with Crippen molar-refractivity contribution in [2.75, 3.05) is 59.7 Å². The van der Waals surface area contributed by atoms with Crippen molar-refractivity contribution in [2.45, 2.75) is 19.4 Å². The monoisotopic (exact) mass is 274 g/mol. The first-order chi connectivity index (χ1) is 9.25. The summed E-state index contributed by atoms with van der Waals surface area (Å²) in [6.07, 6.45) is 0.431. The summed E-state index contributed by atoms with van der Waals surface area (Å²) in [6.45, 7) is 7.49. The Hall–Kier alpha value is -0.690. The molecule has 0 aromatic rings. The summed E-state index contributed by atoms with van der Waals surface area (Å²) in [4.78, 5) is 13.9. The fraction of sp³-hybridized carbons (Fsp3) is 0.923. The highest BCUT2D eigenvalue weighted by Crippen LogP contribution is 2.02. The zero-order valence-electron chi connectivity index (χ0n) is 12.0. The maximum absolute atomic E-state index is 12.0. The molecule has 0 saturated carbocycles. The molecule has 0 aromatic carbocycles. The number of carbonyl (C=O) groups is 1. The summed E-state index contributed by atoms with van der Waals surface area (Å²) in [5.41, 5.74) is 0. The molecule has 1 fully saturated rings. The van der Waals surface area contributed by atoms with Crippen molar-refractivity contribution in [3.8, 4) is 0 Å². The molecule has 0 radical (unpaired) electrons. The van der Waals surface area contributed by atoms with Gasteiger partial charge in [-0.2, -0.15) is 0 Å². The topological polar surface area (TPSA) is 60.0 Å². The van der Waals surface area contributed by atoms with Crippen molar-refractivity contribution >= 4 is 5.91 Å². The first-order valence-corrected chi connectivity index (χ1v) is 6.93. The van der Waals surface area contributed by atoms with Gasteiger partial charge in [-0.3, -0.25) is 4.79 Å². The van der Waals surface area contributed by atoms with Crippen LogP contribution in [0.25, 0.3) is 0 Å². The Kier molecular flexibility index (Phi) is 8.73. The number of ether oxygens (including phenoxy) is 3. The minimum absolute atomic E-state index is 0.0850. The summed E-state index contributed by atoms with van der Waals surface area (Å²) in [7, 11) is 1.65. The van der Waals surface area contributed by atoms with Gasteiger partial charge in [-0.05, 0) is 13.3 Å². The number of rotatable bonds is 9. The lowest BCUT2D eigenvalue weighted by molar-refractivity contribution is -0.143. The first-order valence-electron chi connectivity index (χ1n) is 6.93. The maximum atomic E-state index is 12.0. The van der Waals surface area contributed by atoms with E-state index in [1.807, 2.05) is 11.8 Å². The molecule has 1 unspecified atom stereocenters. The van der Waals surface area contributed by atoms with Crippen LogP contribution in [-0.2, 0) is 19.0 Å². The number of piperazine rings is 1. The SMILES string of the molecule is COCCOCCCOC(C)C(=O)N1CCNCC1. The van der Waals surface area contributed by atoms with Crippen LogP contribution in [-0.4, -0.2) is 76.6 Å². The number of hydrogen-bond donors (Lipinski definition) is 1. The summed E-state index contributed by atoms with van der Waals surface area (Å²) in [5.74, 6) is 0.0850. The molecule has 1 atom stereocenters. The Labute approximate surface area is 115 Å². The largest absolute Gasteiger partial charge is 0.382 e. The zero-order chi connectivity index (χ0) is 13.9. The quantitative estimate of drug-likeness (QED) is 0.594. The second-order valence-electron chi connectivity index (χ2n) is 4.55. The van der Waals surface area contributed by atoms with Gasteiger partial charge in [-0.25, -0.2) is 0 Å². The van der Waals surface area contributed by atoms with Gasteiger partial charge in [0.05, 0.1) is 13.2 Å². The number of amides is 1. The molecule has 1 heterocycles. The fourth-order valence-corrected chi connectivity index (χ4v) is 1.88. The van der Waals surface area contributed by atoms with Crippen LogP contribution >= 0.6 is 0 Å². The Balaban J connectivity index is 2.03. The molecule has 1 N–H and O–H groups in total. The van der Waals surface area contributed by atoms with Crippen LogP contribution in [0.4, 0.5) is 0 Å². The molecule has 6 heteroatoms. The van der Waals surface area contributed by atoms with Gasteiger partial charge < -0.3 is 24.4 Å². The second kappa shape index (κ2) is 10.1. The standard InChI is InChI=1S/C13H26N2O4/c1-12(13(16)15-6-4-14-5-7-15)19-9-3-8-18-11-10-17-2/h12,14H,3-11H2,1-2H3. The highest BCUT2D eigenvalue weighted by molar-refractivity contribution is 5.80. The number of methoxy groups -OCH3 is 1. The lowest BCUT2D eigenvalue weighted by Crippen LogP contribution is -2.49. The molecule has 112 valence electrons. The highest BCUT2D eigenvalue weighted by Gasteiger charge is 2.22. The number of nitrogens with one attached hydrogen (secondary N) is 1. The molecular formula is C13H26N2O4. The van der Waals surface area contributed by atoms with Crippen molar-refractivity contribution < 1.29 is 19.0 Å². The van der Waals surface area contributed by atoms with Crippen LogP contribution in [0, 0.1) is 0 Å². The zero-order valence-corrected chi connectivity index (χ0v) is 12.0. The summed E-state index contributed by atoms with van der Waals surface area (Å²) in [5, 5.41) is 3.22. The van der Waals surface area contributed by atoms with E-state index in [2.05, 4.69) is 5.32 Å². The van der Waals surface area contributed by atoms with E-state index in [0.29, 0.717) is 26.4 Å². The lowest BCUT2D eigenvalue weighted by atomic mass is 10.3. The lowest BCUT2D eigenvalue weighted by Gasteiger charge is -2.29. The van der Waals surface area contributed by atoms with Gasteiger partial charge in [0.25, 0.3) is 5.91 Å². The van der Waals surface area contributed by atoms with Gasteiger partial charge in [0.15, 0.2) is 0 Å². The second-order valence-corrected chi connectivity index (χ2v) is 4.55. The molecule has 1 aliphatic rings. The van der Waals surface area contributed by atoms with Gasteiger partial charge >= 0.3 is 0 Å². The van der Waals surface area contributed by atoms with Crippen LogP contribution in [0.15, 0.2) is 0 Å². The molecule has 1 aliphatic heterocycles. The molecule has 0 aromatic heterocycles. The Bertz CT molecular complexity index is 245. The minimum Gasteiger partial charge on any atom is -0.382 e. The maximum Gasteiger partial charge on any atom is 0.251 e. The highest BCUT2D eigenvalue weighted by atomic mass is 16.5. The molecule has 1 rings (SSSR count). The predicted octanol–water partition coefficient (Wildman–Crippen LogP) is -0.124. The molecule has 1 saturated heterocycles. The van der Waals surface area contributed by atoms with Gasteiger partial charge in [-0.15, -0.1) is 0 Å². The minimum atomic E-state index is -0.364. The van der Waals surface area contributed by atoms with Crippen LogP contribution in [0.2, 0.25) is 0 Å². The molecule has 1 amide bonds. The van der Waals surface area contributed by atoms with Crippen LogP contribution < -0.4 is 5.32 Å². The molecular weight excluding hydrogens is 248 g/mol. The van der Waals surface area contributed by atoms with Crippen molar-refractivity contribution in [3.63, 3.8) is 0 Å². The van der Waals surface area contributed by atoms with E-state index in [0.717, 1.165) is 32.6 Å². The summed E-state index contributed by atoms with van der Waals surface area (Å²) < 4.78 is 15.7. The van der Waals surface area contributed by atoms with E-state index in [4.69, 9.17) is 14.2 Å². The molecule has 0 aliphatic carbocycles. The third kappa shape index (κ3) is 6.87. The number of nitrogens with zero attached hydrogens (tertiary/aromatic N) is 1. The predicted molar refractivity (Wildman–Crippen MR) is 72.2 cm³/mol. The van der Waals surface area contributed by atoms with Crippen LogP contribution in [0.5, 0.6) is 0 Å². The van der Waals surface area contributed by atoms with E-state index in [-0.39, 0.29) is 12.0 Å². The third-order valence-electron chi connectivity index (χ3n) is 3.01. The van der Waals surface area contributed by atoms with Crippen molar-refractivity contribution in [1.29, 1.82) is 0 Å². The molecule has 0 bridgehead atoms.